The van der Waals surface area contributed by atoms with Crippen LogP contribution in [0.2, 0.25) is 38.3 Å². The van der Waals surface area contributed by atoms with Crippen molar-refractivity contribution >= 4 is 22.6 Å². The Morgan fingerprint density at radius 3 is 2.00 bits per heavy atom. The summed E-state index contributed by atoms with van der Waals surface area (Å²) in [6.07, 6.45) is 0.881. The molecule has 0 aliphatic carbocycles. The first-order valence-corrected chi connectivity index (χ1v) is 12.9. The number of hydrogen-bond acceptors (Lipinski definition) is 3. The molecular formula is C15H36O3Si2. The van der Waals surface area contributed by atoms with Crippen LogP contribution in [0.1, 0.15) is 35.1 Å². The van der Waals surface area contributed by atoms with Crippen LogP contribution < -0.4 is 0 Å². The molecule has 0 unspecified atom stereocenters. The number of esters is 1. The maximum absolute atomic E-state index is 11.2. The molecule has 20 heavy (non-hydrogen) atoms. The summed E-state index contributed by atoms with van der Waals surface area (Å²) in [7, 11) is -3.08. The van der Waals surface area contributed by atoms with E-state index in [0.29, 0.717) is 12.2 Å². The quantitative estimate of drug-likeness (QED) is 0.266. The molecule has 0 rings (SSSR count). The van der Waals surface area contributed by atoms with Crippen LogP contribution in [0.3, 0.4) is 0 Å². The Morgan fingerprint density at radius 2 is 1.60 bits per heavy atom. The summed E-state index contributed by atoms with van der Waals surface area (Å²) in [5.74, 6) is -0.293. The highest BCUT2D eigenvalue weighted by Gasteiger charge is 2.31. The molecule has 0 aromatic heterocycles. The van der Waals surface area contributed by atoms with Crippen molar-refractivity contribution in [3.05, 3.63) is 12.2 Å². The highest BCUT2D eigenvalue weighted by atomic mass is 28.4. The number of rotatable bonds is 8. The van der Waals surface area contributed by atoms with Crippen molar-refractivity contribution in [2.75, 3.05) is 6.61 Å². The van der Waals surface area contributed by atoms with E-state index in [1.54, 1.807) is 6.92 Å². The average Bonchev–Trinajstić information content (AvgIpc) is 2.22. The summed E-state index contributed by atoms with van der Waals surface area (Å²) in [5.41, 5.74) is 0.460. The van der Waals surface area contributed by atoms with Crippen LogP contribution in [-0.2, 0) is 13.6 Å². The largest absolute Gasteiger partial charge is 0.462 e. The van der Waals surface area contributed by atoms with Gasteiger partial charge in [-0.2, -0.15) is 0 Å². The van der Waals surface area contributed by atoms with Gasteiger partial charge in [0.2, 0.25) is 0 Å². The minimum atomic E-state index is -1.61. The fraction of sp³-hybridized carbons (Fsp3) is 0.800. The van der Waals surface area contributed by atoms with Gasteiger partial charge in [0.15, 0.2) is 16.6 Å². The van der Waals surface area contributed by atoms with Gasteiger partial charge in [-0.1, -0.05) is 28.4 Å². The van der Waals surface area contributed by atoms with Gasteiger partial charge in [0.05, 0.1) is 6.61 Å². The van der Waals surface area contributed by atoms with Gasteiger partial charge in [0, 0.05) is 5.57 Å². The molecule has 3 nitrogen and oxygen atoms in total. The van der Waals surface area contributed by atoms with E-state index in [1.807, 2.05) is 0 Å². The fourth-order valence-corrected chi connectivity index (χ4v) is 9.62. The lowest BCUT2D eigenvalue weighted by atomic mass is 10.4. The van der Waals surface area contributed by atoms with E-state index < -0.39 is 16.6 Å². The summed E-state index contributed by atoms with van der Waals surface area (Å²) in [5, 5.41) is 0. The van der Waals surface area contributed by atoms with E-state index in [1.165, 1.54) is 0 Å². The van der Waals surface area contributed by atoms with E-state index >= 15 is 0 Å². The Kier molecular flexibility index (Phi) is 12.7. The van der Waals surface area contributed by atoms with E-state index in [-0.39, 0.29) is 20.8 Å². The highest BCUT2D eigenvalue weighted by molar-refractivity contribution is 6.84. The van der Waals surface area contributed by atoms with Gasteiger partial charge >= 0.3 is 5.97 Å². The average molecular weight is 321 g/mol. The SMILES string of the molecule is C.C.C=C(C)C(=O)OCCC[Si](C)(C)O[Si](C)(C)CC. The molecule has 0 aromatic carbocycles. The van der Waals surface area contributed by atoms with Crippen LogP contribution >= 0.6 is 0 Å². The summed E-state index contributed by atoms with van der Waals surface area (Å²) < 4.78 is 11.4. The Labute approximate surface area is 129 Å². The minimum absolute atomic E-state index is 0. The van der Waals surface area contributed by atoms with Crippen molar-refractivity contribution in [1.82, 2.24) is 0 Å². The number of carbonyl (C=O) groups excluding carboxylic acids is 1. The summed E-state index contributed by atoms with van der Waals surface area (Å²) >= 11 is 0. The van der Waals surface area contributed by atoms with E-state index in [0.717, 1.165) is 18.5 Å². The zero-order chi connectivity index (χ0) is 14.4. The zero-order valence-corrected chi connectivity index (χ0v) is 14.8. The molecule has 0 amide bonds. The maximum atomic E-state index is 11.2. The van der Waals surface area contributed by atoms with Crippen molar-refractivity contribution in [2.24, 2.45) is 0 Å². The third-order valence-corrected chi connectivity index (χ3v) is 10.6. The molecular weight excluding hydrogens is 284 g/mol. The fourth-order valence-electron chi connectivity index (χ4n) is 1.66. The predicted octanol–water partition coefficient (Wildman–Crippen LogP) is 5.21. The lowest BCUT2D eigenvalue weighted by Gasteiger charge is -2.33. The van der Waals surface area contributed by atoms with Crippen LogP contribution in [0, 0.1) is 0 Å². The second-order valence-corrected chi connectivity index (χ2v) is 15.1. The Bertz CT molecular complexity index is 299. The molecule has 0 saturated carbocycles. The normalized spacial score (nSPS) is 11.1. The summed E-state index contributed by atoms with van der Waals surface area (Å²) in [6, 6.07) is 2.18. The molecule has 0 radical (unpaired) electrons. The Hall–Kier alpha value is -0.396. The standard InChI is InChI=1S/C13H28O3Si2.2CH4/c1-8-17(4,5)16-18(6,7)11-9-10-15-13(14)12(2)3;;/h2,8-11H2,1,3-7H3;2*1H4. The van der Waals surface area contributed by atoms with Gasteiger partial charge in [0.25, 0.3) is 0 Å². The molecule has 0 fully saturated rings. The second kappa shape index (κ2) is 10.3. The zero-order valence-electron chi connectivity index (χ0n) is 12.8. The van der Waals surface area contributed by atoms with Crippen molar-refractivity contribution in [3.63, 3.8) is 0 Å². The van der Waals surface area contributed by atoms with Crippen LogP contribution in [0.4, 0.5) is 0 Å². The van der Waals surface area contributed by atoms with Gasteiger partial charge in [-0.05, 0) is 51.6 Å². The van der Waals surface area contributed by atoms with E-state index in [4.69, 9.17) is 8.85 Å². The lowest BCUT2D eigenvalue weighted by Crippen LogP contribution is -2.43. The number of hydrogen-bond donors (Lipinski definition) is 0. The Morgan fingerprint density at radius 1 is 1.10 bits per heavy atom. The predicted molar refractivity (Wildman–Crippen MR) is 95.2 cm³/mol. The van der Waals surface area contributed by atoms with Crippen LogP contribution in [-0.4, -0.2) is 29.2 Å². The third kappa shape index (κ3) is 11.4. The third-order valence-electron chi connectivity index (χ3n) is 2.91. The second-order valence-electron chi connectivity index (χ2n) is 5.99. The minimum Gasteiger partial charge on any atom is -0.462 e. The first-order valence-electron chi connectivity index (χ1n) is 6.62. The van der Waals surface area contributed by atoms with Crippen molar-refractivity contribution in [3.8, 4) is 0 Å². The Balaban J connectivity index is -0.00000144. The molecule has 0 aromatic rings. The molecule has 0 aliphatic heterocycles. The van der Waals surface area contributed by atoms with E-state index in [2.05, 4.69) is 39.7 Å². The van der Waals surface area contributed by atoms with E-state index in [9.17, 15) is 4.79 Å². The van der Waals surface area contributed by atoms with Gasteiger partial charge in [-0.3, -0.25) is 0 Å². The van der Waals surface area contributed by atoms with Crippen LogP contribution in [0.15, 0.2) is 12.2 Å². The van der Waals surface area contributed by atoms with Gasteiger partial charge in [0.1, 0.15) is 0 Å². The van der Waals surface area contributed by atoms with Crippen LogP contribution in [0.5, 0.6) is 0 Å². The monoisotopic (exact) mass is 320 g/mol. The molecule has 122 valence electrons. The molecule has 0 saturated heterocycles. The summed E-state index contributed by atoms with van der Waals surface area (Å²) in [6.45, 7) is 16.9. The highest BCUT2D eigenvalue weighted by Crippen LogP contribution is 2.22. The molecule has 0 aliphatic rings. The van der Waals surface area contributed by atoms with Crippen molar-refractivity contribution < 1.29 is 13.6 Å². The summed E-state index contributed by atoms with van der Waals surface area (Å²) in [4.78, 5) is 11.2. The molecule has 0 N–H and O–H groups in total. The maximum Gasteiger partial charge on any atom is 0.333 e. The molecule has 0 spiro atoms. The first-order chi connectivity index (χ1) is 8.09. The lowest BCUT2D eigenvalue weighted by molar-refractivity contribution is -0.138. The van der Waals surface area contributed by atoms with Crippen molar-refractivity contribution in [2.45, 2.75) is 73.4 Å². The molecule has 0 atom stereocenters. The van der Waals surface area contributed by atoms with Gasteiger partial charge in [-0.25, -0.2) is 4.79 Å². The topological polar surface area (TPSA) is 35.5 Å². The molecule has 0 heterocycles. The first kappa shape index (κ1) is 24.6. The molecule has 0 bridgehead atoms. The number of ether oxygens (including phenoxy) is 1. The van der Waals surface area contributed by atoms with Crippen LogP contribution in [0.25, 0.3) is 0 Å². The van der Waals surface area contributed by atoms with Gasteiger partial charge < -0.3 is 8.85 Å². The van der Waals surface area contributed by atoms with Gasteiger partial charge in [-0.15, -0.1) is 0 Å². The number of carbonyl (C=O) groups is 1. The van der Waals surface area contributed by atoms with Crippen molar-refractivity contribution in [1.29, 1.82) is 0 Å². The molecule has 5 heteroatoms. The smallest absolute Gasteiger partial charge is 0.333 e.